The number of pyridine rings is 2. The highest BCUT2D eigenvalue weighted by Crippen LogP contribution is 2.41. The van der Waals surface area contributed by atoms with Crippen molar-refractivity contribution in [1.29, 1.82) is 0 Å². The van der Waals surface area contributed by atoms with Crippen LogP contribution >= 0.6 is 11.3 Å². The summed E-state index contributed by atoms with van der Waals surface area (Å²) in [4.78, 5) is 28.7. The third-order valence-corrected chi connectivity index (χ3v) is 6.90. The van der Waals surface area contributed by atoms with Gasteiger partial charge in [0.25, 0.3) is 5.91 Å². The molecule has 1 aliphatic carbocycles. The van der Waals surface area contributed by atoms with Gasteiger partial charge in [-0.05, 0) is 50.8 Å². The highest BCUT2D eigenvalue weighted by Gasteiger charge is 2.29. The quantitative estimate of drug-likeness (QED) is 0.420. The van der Waals surface area contributed by atoms with E-state index in [1.807, 2.05) is 31.2 Å². The van der Waals surface area contributed by atoms with Crippen LogP contribution in [0.2, 0.25) is 0 Å². The molecule has 164 valence electrons. The largest absolute Gasteiger partial charge is 0.298 e. The minimum atomic E-state index is -0.164. The topological polar surface area (TPSA) is 85.6 Å². The molecule has 0 aliphatic heterocycles. The van der Waals surface area contributed by atoms with Crippen LogP contribution in [-0.2, 0) is 12.8 Å². The van der Waals surface area contributed by atoms with E-state index in [1.165, 1.54) is 4.88 Å². The van der Waals surface area contributed by atoms with E-state index in [9.17, 15) is 4.79 Å². The van der Waals surface area contributed by atoms with E-state index >= 15 is 0 Å². The second-order valence-electron chi connectivity index (χ2n) is 8.20. The van der Waals surface area contributed by atoms with Crippen LogP contribution in [0.25, 0.3) is 16.9 Å². The first-order valence-electron chi connectivity index (χ1n) is 11.2. The number of thiazole rings is 1. The second kappa shape index (κ2) is 8.43. The number of hydrogen-bond donors (Lipinski definition) is 1. The number of hydrogen-bond acceptors (Lipinski definition) is 6. The van der Waals surface area contributed by atoms with Crippen molar-refractivity contribution in [2.75, 3.05) is 5.32 Å². The summed E-state index contributed by atoms with van der Waals surface area (Å²) in [6, 6.07) is 7.63. The van der Waals surface area contributed by atoms with Crippen molar-refractivity contribution in [3.63, 3.8) is 0 Å². The van der Waals surface area contributed by atoms with Crippen molar-refractivity contribution in [1.82, 2.24) is 24.7 Å². The molecule has 1 saturated carbocycles. The van der Waals surface area contributed by atoms with Crippen molar-refractivity contribution in [3.05, 3.63) is 58.0 Å². The molecule has 8 heteroatoms. The molecule has 0 atom stereocenters. The molecule has 4 heterocycles. The second-order valence-corrected chi connectivity index (χ2v) is 9.28. The molecule has 0 radical (unpaired) electrons. The van der Waals surface area contributed by atoms with Crippen LogP contribution in [0, 0.1) is 6.92 Å². The first-order valence-corrected chi connectivity index (χ1v) is 12.0. The molecule has 0 unspecified atom stereocenters. The third-order valence-electron chi connectivity index (χ3n) is 5.75. The third kappa shape index (κ3) is 3.79. The summed E-state index contributed by atoms with van der Waals surface area (Å²) >= 11 is 1.57. The Labute approximate surface area is 190 Å². The molecule has 1 aliphatic rings. The van der Waals surface area contributed by atoms with Crippen molar-refractivity contribution < 1.29 is 4.79 Å². The minimum Gasteiger partial charge on any atom is -0.298 e. The fourth-order valence-electron chi connectivity index (χ4n) is 4.02. The van der Waals surface area contributed by atoms with Crippen LogP contribution < -0.4 is 5.32 Å². The minimum absolute atomic E-state index is 0.164. The van der Waals surface area contributed by atoms with Crippen molar-refractivity contribution >= 4 is 33.4 Å². The van der Waals surface area contributed by atoms with Crippen LogP contribution in [0.4, 0.5) is 5.13 Å². The summed E-state index contributed by atoms with van der Waals surface area (Å²) in [7, 11) is 0. The number of anilines is 1. The van der Waals surface area contributed by atoms with Gasteiger partial charge in [0.15, 0.2) is 16.6 Å². The maximum absolute atomic E-state index is 13.5. The van der Waals surface area contributed by atoms with Crippen LogP contribution in [0.3, 0.4) is 0 Å². The lowest BCUT2D eigenvalue weighted by atomic mass is 10.1. The maximum atomic E-state index is 13.5. The van der Waals surface area contributed by atoms with Gasteiger partial charge in [-0.3, -0.25) is 10.1 Å². The van der Waals surface area contributed by atoms with E-state index in [2.05, 4.69) is 29.2 Å². The molecule has 1 amide bonds. The molecule has 4 aromatic rings. The summed E-state index contributed by atoms with van der Waals surface area (Å²) in [5, 5.41) is 9.16. The first-order chi connectivity index (χ1) is 15.6. The molecule has 4 aromatic heterocycles. The lowest BCUT2D eigenvalue weighted by molar-refractivity contribution is 0.102. The Morgan fingerprint density at radius 2 is 2.09 bits per heavy atom. The van der Waals surface area contributed by atoms with Crippen LogP contribution in [0.5, 0.6) is 0 Å². The lowest BCUT2D eigenvalue weighted by Gasteiger charge is -2.08. The fraction of sp³-hybridized carbons (Fsp3) is 0.375. The molecule has 1 N–H and O–H groups in total. The average Bonchev–Trinajstić information content (AvgIpc) is 3.51. The number of nitrogens with one attached hydrogen (secondary N) is 1. The number of aryl methyl sites for hydroxylation is 3. The molecule has 1 fully saturated rings. The summed E-state index contributed by atoms with van der Waals surface area (Å²) < 4.78 is 1.74. The van der Waals surface area contributed by atoms with Crippen LogP contribution in [0.15, 0.2) is 30.5 Å². The zero-order chi connectivity index (χ0) is 22.2. The predicted octanol–water partition coefficient (Wildman–Crippen LogP) is 5.23. The van der Waals surface area contributed by atoms with Gasteiger partial charge in [-0.25, -0.2) is 15.0 Å². The van der Waals surface area contributed by atoms with Gasteiger partial charge < -0.3 is 0 Å². The Morgan fingerprint density at radius 3 is 2.78 bits per heavy atom. The van der Waals surface area contributed by atoms with Gasteiger partial charge in [0, 0.05) is 22.7 Å². The Morgan fingerprint density at radius 1 is 1.25 bits per heavy atom. The SMILES string of the molecule is CCCc1nc(NC(=O)c2cc(C3CC3)nc3c2c(C)nn3-c2ccccn2)sc1CC. The van der Waals surface area contributed by atoms with Gasteiger partial charge in [0.05, 0.1) is 22.3 Å². The van der Waals surface area contributed by atoms with E-state index in [0.29, 0.717) is 28.1 Å². The molecule has 0 spiro atoms. The van der Waals surface area contributed by atoms with Gasteiger partial charge >= 0.3 is 0 Å². The normalized spacial score (nSPS) is 13.6. The molecule has 0 aromatic carbocycles. The summed E-state index contributed by atoms with van der Waals surface area (Å²) in [5.41, 5.74) is 4.07. The Kier molecular flexibility index (Phi) is 5.46. The first kappa shape index (κ1) is 20.8. The zero-order valence-corrected chi connectivity index (χ0v) is 19.4. The van der Waals surface area contributed by atoms with Gasteiger partial charge in [-0.15, -0.1) is 11.3 Å². The highest BCUT2D eigenvalue weighted by atomic mass is 32.1. The van der Waals surface area contributed by atoms with Crippen molar-refractivity contribution in [2.24, 2.45) is 0 Å². The Bertz CT molecular complexity index is 1290. The van der Waals surface area contributed by atoms with Crippen molar-refractivity contribution in [2.45, 2.75) is 58.8 Å². The van der Waals surface area contributed by atoms with Gasteiger partial charge in [0.1, 0.15) is 0 Å². The number of aromatic nitrogens is 5. The van der Waals surface area contributed by atoms with Gasteiger partial charge in [-0.1, -0.05) is 26.3 Å². The molecule has 7 nitrogen and oxygen atoms in total. The number of rotatable bonds is 7. The zero-order valence-electron chi connectivity index (χ0n) is 18.6. The molecular formula is C24H26N6OS. The van der Waals surface area contributed by atoms with E-state index in [1.54, 1.807) is 22.2 Å². The number of carbonyl (C=O) groups excluding carboxylic acids is 1. The predicted molar refractivity (Wildman–Crippen MR) is 127 cm³/mol. The van der Waals surface area contributed by atoms with Crippen LogP contribution in [-0.4, -0.2) is 30.6 Å². The Hall–Kier alpha value is -3.13. The average molecular weight is 447 g/mol. The molecule has 32 heavy (non-hydrogen) atoms. The van der Waals surface area contributed by atoms with Crippen molar-refractivity contribution in [3.8, 4) is 5.82 Å². The number of fused-ring (bicyclic) bond motifs is 1. The van der Waals surface area contributed by atoms with Gasteiger partial charge in [-0.2, -0.15) is 9.78 Å². The standard InChI is InChI=1S/C24H26N6OS/c1-4-8-17-19(5-2)32-24(27-17)28-23(31)16-13-18(15-10-11-15)26-22-21(16)14(3)29-30(22)20-9-6-7-12-25-20/h6-7,9,12-13,15H,4-5,8,10-11H2,1-3H3,(H,27,28,31). The summed E-state index contributed by atoms with van der Waals surface area (Å²) in [6.45, 7) is 6.18. The van der Waals surface area contributed by atoms with E-state index in [0.717, 1.165) is 54.6 Å². The molecule has 0 bridgehead atoms. The fourth-order valence-corrected chi connectivity index (χ4v) is 4.97. The van der Waals surface area contributed by atoms with Crippen LogP contribution in [0.1, 0.15) is 71.3 Å². The number of amides is 1. The monoisotopic (exact) mass is 446 g/mol. The Balaban J connectivity index is 1.59. The molecular weight excluding hydrogens is 420 g/mol. The maximum Gasteiger partial charge on any atom is 0.258 e. The van der Waals surface area contributed by atoms with E-state index in [4.69, 9.17) is 9.97 Å². The smallest absolute Gasteiger partial charge is 0.258 e. The highest BCUT2D eigenvalue weighted by molar-refractivity contribution is 7.15. The lowest BCUT2D eigenvalue weighted by Crippen LogP contribution is -2.14. The van der Waals surface area contributed by atoms with Gasteiger partial charge in [0.2, 0.25) is 0 Å². The number of nitrogens with zero attached hydrogens (tertiary/aromatic N) is 5. The number of carbonyl (C=O) groups is 1. The van der Waals surface area contributed by atoms with E-state index in [-0.39, 0.29) is 5.91 Å². The van der Waals surface area contributed by atoms with E-state index < -0.39 is 0 Å². The molecule has 5 rings (SSSR count). The molecule has 0 saturated heterocycles. The summed E-state index contributed by atoms with van der Waals surface area (Å²) in [6.07, 6.45) is 6.82. The summed E-state index contributed by atoms with van der Waals surface area (Å²) in [5.74, 6) is 0.928.